The molecule has 2 heterocycles. The van der Waals surface area contributed by atoms with Crippen molar-refractivity contribution in [3.63, 3.8) is 0 Å². The summed E-state index contributed by atoms with van der Waals surface area (Å²) >= 11 is 1.41. The van der Waals surface area contributed by atoms with E-state index >= 15 is 0 Å². The highest BCUT2D eigenvalue weighted by Crippen LogP contribution is 2.22. The quantitative estimate of drug-likeness (QED) is 0.782. The lowest BCUT2D eigenvalue weighted by molar-refractivity contribution is 0.0950. The molecule has 0 saturated heterocycles. The van der Waals surface area contributed by atoms with Crippen molar-refractivity contribution in [2.75, 3.05) is 6.54 Å². The van der Waals surface area contributed by atoms with Gasteiger partial charge < -0.3 is 5.32 Å². The molecular weight excluding hydrogens is 313 g/mol. The van der Waals surface area contributed by atoms with Crippen LogP contribution in [-0.4, -0.2) is 22.4 Å². The van der Waals surface area contributed by atoms with Gasteiger partial charge >= 0.3 is 0 Å². The molecule has 0 atom stereocenters. The van der Waals surface area contributed by atoms with Crippen molar-refractivity contribution in [2.24, 2.45) is 0 Å². The minimum Gasteiger partial charge on any atom is -0.350 e. The summed E-state index contributed by atoms with van der Waals surface area (Å²) in [6.07, 6.45) is 4.06. The molecule has 0 saturated carbocycles. The highest BCUT2D eigenvalue weighted by molar-refractivity contribution is 7.13. The molecule has 0 aliphatic rings. The van der Waals surface area contributed by atoms with Crippen LogP contribution in [-0.2, 0) is 6.42 Å². The number of nitrogens with one attached hydrogen (secondary N) is 1. The van der Waals surface area contributed by atoms with E-state index in [2.05, 4.69) is 15.3 Å². The van der Waals surface area contributed by atoms with Crippen LogP contribution in [0.2, 0.25) is 0 Å². The first-order chi connectivity index (χ1) is 11.2. The molecule has 0 radical (unpaired) electrons. The number of hydrogen-bond donors (Lipinski definition) is 1. The number of thiazole rings is 1. The second kappa shape index (κ2) is 7.11. The van der Waals surface area contributed by atoms with Crippen molar-refractivity contribution >= 4 is 17.2 Å². The molecule has 4 nitrogen and oxygen atoms in total. The van der Waals surface area contributed by atoms with Gasteiger partial charge in [-0.15, -0.1) is 11.3 Å². The van der Waals surface area contributed by atoms with Crippen LogP contribution in [0.15, 0.2) is 54.2 Å². The maximum Gasteiger partial charge on any atom is 0.270 e. The van der Waals surface area contributed by atoms with Crippen LogP contribution in [0, 0.1) is 5.82 Å². The summed E-state index contributed by atoms with van der Waals surface area (Å²) in [5.74, 6) is -0.471. The molecule has 6 heteroatoms. The number of rotatable bonds is 5. The predicted molar refractivity (Wildman–Crippen MR) is 87.8 cm³/mol. The fourth-order valence-electron chi connectivity index (χ4n) is 2.06. The molecule has 0 aliphatic heterocycles. The normalized spacial score (nSPS) is 10.5. The molecule has 1 N–H and O–H groups in total. The second-order valence-electron chi connectivity index (χ2n) is 4.91. The Balaban J connectivity index is 1.56. The van der Waals surface area contributed by atoms with Gasteiger partial charge in [0.1, 0.15) is 16.5 Å². The van der Waals surface area contributed by atoms with Crippen molar-refractivity contribution in [3.8, 4) is 10.6 Å². The number of amides is 1. The van der Waals surface area contributed by atoms with Crippen LogP contribution in [0.4, 0.5) is 4.39 Å². The molecule has 0 unspecified atom stereocenters. The van der Waals surface area contributed by atoms with Gasteiger partial charge in [-0.1, -0.05) is 12.1 Å². The first kappa shape index (κ1) is 15.3. The average Bonchev–Trinajstić information content (AvgIpc) is 3.07. The summed E-state index contributed by atoms with van der Waals surface area (Å²) < 4.78 is 12.8. The first-order valence-electron chi connectivity index (χ1n) is 7.11. The van der Waals surface area contributed by atoms with Gasteiger partial charge in [0.2, 0.25) is 0 Å². The van der Waals surface area contributed by atoms with Crippen molar-refractivity contribution < 1.29 is 9.18 Å². The van der Waals surface area contributed by atoms with E-state index in [9.17, 15) is 9.18 Å². The predicted octanol–water partition coefficient (Wildman–Crippen LogP) is 3.32. The molecule has 1 amide bonds. The molecule has 1 aromatic carbocycles. The van der Waals surface area contributed by atoms with E-state index in [1.165, 1.54) is 23.5 Å². The number of carbonyl (C=O) groups excluding carboxylic acids is 1. The Bertz CT molecular complexity index is 787. The zero-order valence-electron chi connectivity index (χ0n) is 12.2. The molecular formula is C17H14FN3OS. The standard InChI is InChI=1S/C17H14FN3OS/c18-14-5-3-12(4-6-14)7-9-20-16(22)15-11-23-17(21-15)13-2-1-8-19-10-13/h1-6,8,10-11H,7,9H2,(H,20,22). The van der Waals surface area contributed by atoms with Gasteiger partial charge in [-0.2, -0.15) is 0 Å². The number of hydrogen-bond acceptors (Lipinski definition) is 4. The number of benzene rings is 1. The van der Waals surface area contributed by atoms with E-state index in [-0.39, 0.29) is 11.7 Å². The Kier molecular flexibility index (Phi) is 4.73. The van der Waals surface area contributed by atoms with E-state index in [0.717, 1.165) is 16.1 Å². The molecule has 0 spiro atoms. The lowest BCUT2D eigenvalue weighted by Crippen LogP contribution is -2.25. The van der Waals surface area contributed by atoms with Crippen molar-refractivity contribution in [3.05, 3.63) is 71.2 Å². The van der Waals surface area contributed by atoms with E-state index in [1.807, 2.05) is 12.1 Å². The maximum atomic E-state index is 12.8. The van der Waals surface area contributed by atoms with Crippen molar-refractivity contribution in [1.29, 1.82) is 0 Å². The molecule has 23 heavy (non-hydrogen) atoms. The van der Waals surface area contributed by atoms with Gasteiger partial charge in [0.15, 0.2) is 0 Å². The summed E-state index contributed by atoms with van der Waals surface area (Å²) in [5, 5.41) is 5.32. The summed E-state index contributed by atoms with van der Waals surface area (Å²) in [7, 11) is 0. The van der Waals surface area contributed by atoms with E-state index in [4.69, 9.17) is 0 Å². The maximum absolute atomic E-state index is 12.8. The van der Waals surface area contributed by atoms with Crippen LogP contribution in [0.1, 0.15) is 16.1 Å². The zero-order valence-corrected chi connectivity index (χ0v) is 13.0. The third-order valence-corrected chi connectivity index (χ3v) is 4.15. The van der Waals surface area contributed by atoms with E-state index < -0.39 is 0 Å². The van der Waals surface area contributed by atoms with E-state index in [0.29, 0.717) is 18.7 Å². The van der Waals surface area contributed by atoms with Crippen LogP contribution < -0.4 is 5.32 Å². The van der Waals surface area contributed by atoms with Crippen LogP contribution in [0.5, 0.6) is 0 Å². The van der Waals surface area contributed by atoms with Crippen molar-refractivity contribution in [1.82, 2.24) is 15.3 Å². The number of pyridine rings is 1. The fourth-order valence-corrected chi connectivity index (χ4v) is 2.85. The lowest BCUT2D eigenvalue weighted by atomic mass is 10.1. The Morgan fingerprint density at radius 2 is 2.04 bits per heavy atom. The van der Waals surface area contributed by atoms with Crippen LogP contribution in [0.25, 0.3) is 10.6 Å². The summed E-state index contributed by atoms with van der Waals surface area (Å²) in [6, 6.07) is 9.99. The number of aromatic nitrogens is 2. The van der Waals surface area contributed by atoms with Gasteiger partial charge in [-0.25, -0.2) is 9.37 Å². The summed E-state index contributed by atoms with van der Waals surface area (Å²) in [6.45, 7) is 0.476. The second-order valence-corrected chi connectivity index (χ2v) is 5.77. The largest absolute Gasteiger partial charge is 0.350 e. The summed E-state index contributed by atoms with van der Waals surface area (Å²) in [4.78, 5) is 20.5. The molecule has 2 aromatic heterocycles. The number of halogens is 1. The SMILES string of the molecule is O=C(NCCc1ccc(F)cc1)c1csc(-c2cccnc2)n1. The molecule has 0 bridgehead atoms. The smallest absolute Gasteiger partial charge is 0.270 e. The molecule has 0 fully saturated rings. The molecule has 116 valence electrons. The summed E-state index contributed by atoms with van der Waals surface area (Å²) in [5.41, 5.74) is 2.26. The topological polar surface area (TPSA) is 54.9 Å². The van der Waals surface area contributed by atoms with Gasteiger partial charge in [-0.05, 0) is 36.2 Å². The fraction of sp³-hybridized carbons (Fsp3) is 0.118. The highest BCUT2D eigenvalue weighted by atomic mass is 32.1. The third kappa shape index (κ3) is 3.98. The van der Waals surface area contributed by atoms with E-state index in [1.54, 1.807) is 29.9 Å². The van der Waals surface area contributed by atoms with Gasteiger partial charge in [-0.3, -0.25) is 9.78 Å². The van der Waals surface area contributed by atoms with Crippen LogP contribution >= 0.6 is 11.3 Å². The molecule has 0 aliphatic carbocycles. The minimum absolute atomic E-state index is 0.210. The Morgan fingerprint density at radius 3 is 2.78 bits per heavy atom. The number of carbonyl (C=O) groups is 1. The molecule has 3 aromatic rings. The zero-order chi connectivity index (χ0) is 16.1. The number of nitrogens with zero attached hydrogens (tertiary/aromatic N) is 2. The highest BCUT2D eigenvalue weighted by Gasteiger charge is 2.11. The average molecular weight is 327 g/mol. The minimum atomic E-state index is -0.261. The Labute approximate surface area is 137 Å². The lowest BCUT2D eigenvalue weighted by Gasteiger charge is -2.03. The monoisotopic (exact) mass is 327 g/mol. The van der Waals surface area contributed by atoms with Gasteiger partial charge in [0.05, 0.1) is 0 Å². The van der Waals surface area contributed by atoms with Crippen molar-refractivity contribution in [2.45, 2.75) is 6.42 Å². The molecule has 3 rings (SSSR count). The van der Waals surface area contributed by atoms with Gasteiger partial charge in [0.25, 0.3) is 5.91 Å². The Morgan fingerprint density at radius 1 is 1.22 bits per heavy atom. The third-order valence-electron chi connectivity index (χ3n) is 3.26. The first-order valence-corrected chi connectivity index (χ1v) is 7.99. The Hall–Kier alpha value is -2.60. The van der Waals surface area contributed by atoms with Gasteiger partial charge in [0, 0.05) is 29.9 Å². The van der Waals surface area contributed by atoms with Crippen LogP contribution in [0.3, 0.4) is 0 Å².